The number of likely N-dealkylation sites (tertiary alicyclic amines) is 1. The van der Waals surface area contributed by atoms with E-state index in [-0.39, 0.29) is 11.9 Å². The SMILES string of the molecule is COc1ccc([C@@H]2[C@@H](Oc3ccccc3)C(=O)N2Cc2ccccc2)cc1. The van der Waals surface area contributed by atoms with E-state index in [1.807, 2.05) is 89.8 Å². The van der Waals surface area contributed by atoms with Crippen molar-refractivity contribution in [3.8, 4) is 11.5 Å². The smallest absolute Gasteiger partial charge is 0.267 e. The molecule has 0 unspecified atom stereocenters. The van der Waals surface area contributed by atoms with Crippen molar-refractivity contribution >= 4 is 5.91 Å². The first-order valence-electron chi connectivity index (χ1n) is 8.96. The summed E-state index contributed by atoms with van der Waals surface area (Å²) in [4.78, 5) is 14.7. The van der Waals surface area contributed by atoms with E-state index in [4.69, 9.17) is 9.47 Å². The van der Waals surface area contributed by atoms with Gasteiger partial charge in [-0.25, -0.2) is 0 Å². The van der Waals surface area contributed by atoms with E-state index < -0.39 is 6.10 Å². The van der Waals surface area contributed by atoms with E-state index in [1.54, 1.807) is 7.11 Å². The Morgan fingerprint density at radius 1 is 0.815 bits per heavy atom. The van der Waals surface area contributed by atoms with E-state index in [1.165, 1.54) is 0 Å². The van der Waals surface area contributed by atoms with Gasteiger partial charge in [-0.3, -0.25) is 4.79 Å². The fraction of sp³-hybridized carbons (Fsp3) is 0.174. The summed E-state index contributed by atoms with van der Waals surface area (Å²) >= 11 is 0. The molecule has 0 spiro atoms. The van der Waals surface area contributed by atoms with Crippen molar-refractivity contribution in [3.05, 3.63) is 96.1 Å². The maximum Gasteiger partial charge on any atom is 0.267 e. The molecule has 1 fully saturated rings. The van der Waals surface area contributed by atoms with Gasteiger partial charge in [-0.05, 0) is 35.4 Å². The number of amides is 1. The average Bonchev–Trinajstić information content (AvgIpc) is 2.74. The Bertz CT molecular complexity index is 842. The highest BCUT2D eigenvalue weighted by Gasteiger charge is 2.50. The number of hydrogen-bond acceptors (Lipinski definition) is 3. The van der Waals surface area contributed by atoms with Crippen molar-refractivity contribution in [2.75, 3.05) is 7.11 Å². The number of carbonyl (C=O) groups is 1. The van der Waals surface area contributed by atoms with E-state index >= 15 is 0 Å². The third-order valence-corrected chi connectivity index (χ3v) is 4.81. The van der Waals surface area contributed by atoms with Crippen LogP contribution in [0.5, 0.6) is 11.5 Å². The maximum absolute atomic E-state index is 12.9. The second-order valence-corrected chi connectivity index (χ2v) is 6.52. The van der Waals surface area contributed by atoms with Gasteiger partial charge in [0.05, 0.1) is 7.11 Å². The molecule has 1 heterocycles. The van der Waals surface area contributed by atoms with E-state index in [0.717, 1.165) is 16.9 Å². The molecule has 1 aliphatic heterocycles. The lowest BCUT2D eigenvalue weighted by Crippen LogP contribution is -2.60. The molecule has 0 aromatic heterocycles. The lowest BCUT2D eigenvalue weighted by molar-refractivity contribution is -0.165. The molecule has 27 heavy (non-hydrogen) atoms. The first-order chi connectivity index (χ1) is 13.3. The van der Waals surface area contributed by atoms with Crippen molar-refractivity contribution in [2.24, 2.45) is 0 Å². The first-order valence-corrected chi connectivity index (χ1v) is 8.96. The molecular formula is C23H21NO3. The minimum atomic E-state index is -0.524. The Balaban J connectivity index is 1.61. The summed E-state index contributed by atoms with van der Waals surface area (Å²) in [6, 6.07) is 27.2. The van der Waals surface area contributed by atoms with Gasteiger partial charge in [-0.15, -0.1) is 0 Å². The zero-order chi connectivity index (χ0) is 18.6. The van der Waals surface area contributed by atoms with Crippen LogP contribution in [-0.2, 0) is 11.3 Å². The predicted molar refractivity (Wildman–Crippen MR) is 104 cm³/mol. The molecule has 0 N–H and O–H groups in total. The molecule has 3 aromatic carbocycles. The highest BCUT2D eigenvalue weighted by molar-refractivity contribution is 5.89. The van der Waals surface area contributed by atoms with Crippen molar-refractivity contribution in [1.29, 1.82) is 0 Å². The Kier molecular flexibility index (Phi) is 4.79. The summed E-state index contributed by atoms with van der Waals surface area (Å²) in [6.07, 6.45) is -0.524. The number of β-lactam (4-membered cyclic amide) rings is 1. The molecule has 0 bridgehead atoms. The van der Waals surface area contributed by atoms with Gasteiger partial charge in [0.1, 0.15) is 17.5 Å². The van der Waals surface area contributed by atoms with Crippen LogP contribution in [0.15, 0.2) is 84.9 Å². The summed E-state index contributed by atoms with van der Waals surface area (Å²) < 4.78 is 11.3. The Morgan fingerprint density at radius 2 is 1.44 bits per heavy atom. The van der Waals surface area contributed by atoms with Gasteiger partial charge in [0.2, 0.25) is 6.10 Å². The number of rotatable bonds is 6. The van der Waals surface area contributed by atoms with E-state index in [2.05, 4.69) is 0 Å². The van der Waals surface area contributed by atoms with Gasteiger partial charge in [0.25, 0.3) is 5.91 Å². The Hall–Kier alpha value is -3.27. The molecule has 1 saturated heterocycles. The fourth-order valence-corrected chi connectivity index (χ4v) is 3.39. The molecule has 3 aromatic rings. The average molecular weight is 359 g/mol. The minimum Gasteiger partial charge on any atom is -0.497 e. The number of methoxy groups -OCH3 is 1. The minimum absolute atomic E-state index is 0.00326. The van der Waals surface area contributed by atoms with Crippen LogP contribution in [0.2, 0.25) is 0 Å². The number of carbonyl (C=O) groups excluding carboxylic acids is 1. The Morgan fingerprint density at radius 3 is 2.07 bits per heavy atom. The van der Waals surface area contributed by atoms with E-state index in [0.29, 0.717) is 12.3 Å². The molecule has 0 radical (unpaired) electrons. The summed E-state index contributed by atoms with van der Waals surface area (Å²) in [5.41, 5.74) is 2.13. The van der Waals surface area contributed by atoms with Gasteiger partial charge in [0, 0.05) is 6.54 Å². The monoisotopic (exact) mass is 359 g/mol. The zero-order valence-corrected chi connectivity index (χ0v) is 15.1. The maximum atomic E-state index is 12.9. The largest absolute Gasteiger partial charge is 0.497 e. The van der Waals surface area contributed by atoms with Crippen molar-refractivity contribution in [1.82, 2.24) is 4.90 Å². The second-order valence-electron chi connectivity index (χ2n) is 6.52. The molecular weight excluding hydrogens is 338 g/mol. The highest BCUT2D eigenvalue weighted by Crippen LogP contribution is 2.39. The van der Waals surface area contributed by atoms with Gasteiger partial charge in [-0.2, -0.15) is 0 Å². The van der Waals surface area contributed by atoms with Crippen molar-refractivity contribution < 1.29 is 14.3 Å². The first kappa shape index (κ1) is 17.2. The lowest BCUT2D eigenvalue weighted by atomic mass is 9.89. The Labute approximate surface area is 159 Å². The summed E-state index contributed by atoms with van der Waals surface area (Å²) in [6.45, 7) is 0.561. The third kappa shape index (κ3) is 3.51. The van der Waals surface area contributed by atoms with Crippen LogP contribution in [0.1, 0.15) is 17.2 Å². The number of benzene rings is 3. The quantitative estimate of drug-likeness (QED) is 0.619. The van der Waals surface area contributed by atoms with E-state index in [9.17, 15) is 4.79 Å². The second kappa shape index (κ2) is 7.54. The van der Waals surface area contributed by atoms with Crippen LogP contribution < -0.4 is 9.47 Å². The molecule has 4 nitrogen and oxygen atoms in total. The van der Waals surface area contributed by atoms with Gasteiger partial charge in [0.15, 0.2) is 0 Å². The molecule has 1 amide bonds. The van der Waals surface area contributed by atoms with Gasteiger partial charge < -0.3 is 14.4 Å². The van der Waals surface area contributed by atoms with Crippen LogP contribution in [0, 0.1) is 0 Å². The standard InChI is InChI=1S/C23H21NO3/c1-26-19-14-12-18(13-15-19)21-22(27-20-10-6-3-7-11-20)23(25)24(21)16-17-8-4-2-5-9-17/h2-15,21-22H,16H2,1H3/t21-,22-/m1/s1. The van der Waals surface area contributed by atoms with Crippen LogP contribution in [0.4, 0.5) is 0 Å². The van der Waals surface area contributed by atoms with Crippen LogP contribution in [-0.4, -0.2) is 24.0 Å². The van der Waals surface area contributed by atoms with Crippen LogP contribution in [0.25, 0.3) is 0 Å². The number of hydrogen-bond donors (Lipinski definition) is 0. The molecule has 0 saturated carbocycles. The summed E-state index contributed by atoms with van der Waals surface area (Å²) in [7, 11) is 1.64. The summed E-state index contributed by atoms with van der Waals surface area (Å²) in [5.74, 6) is 1.50. The normalized spacial score (nSPS) is 18.7. The lowest BCUT2D eigenvalue weighted by Gasteiger charge is -2.46. The third-order valence-electron chi connectivity index (χ3n) is 4.81. The van der Waals surface area contributed by atoms with Crippen molar-refractivity contribution in [2.45, 2.75) is 18.7 Å². The molecule has 1 aliphatic rings. The highest BCUT2D eigenvalue weighted by atomic mass is 16.5. The fourth-order valence-electron chi connectivity index (χ4n) is 3.39. The molecule has 136 valence electrons. The zero-order valence-electron chi connectivity index (χ0n) is 15.1. The number of nitrogens with zero attached hydrogens (tertiary/aromatic N) is 1. The van der Waals surface area contributed by atoms with Gasteiger partial charge in [-0.1, -0.05) is 60.7 Å². The molecule has 0 aliphatic carbocycles. The predicted octanol–water partition coefficient (Wildman–Crippen LogP) is 4.23. The molecule has 4 heteroatoms. The van der Waals surface area contributed by atoms with Gasteiger partial charge >= 0.3 is 0 Å². The molecule has 2 atom stereocenters. The van der Waals surface area contributed by atoms with Crippen LogP contribution >= 0.6 is 0 Å². The van der Waals surface area contributed by atoms with Crippen molar-refractivity contribution in [3.63, 3.8) is 0 Å². The van der Waals surface area contributed by atoms with Crippen LogP contribution in [0.3, 0.4) is 0 Å². The molecule has 4 rings (SSSR count). The number of ether oxygens (including phenoxy) is 2. The summed E-state index contributed by atoms with van der Waals surface area (Å²) in [5, 5.41) is 0. The number of para-hydroxylation sites is 1. The topological polar surface area (TPSA) is 38.8 Å².